The highest BCUT2D eigenvalue weighted by molar-refractivity contribution is 7.89. The number of carbonyl (C=O) groups is 2. The Bertz CT molecular complexity index is 1150. The van der Waals surface area contributed by atoms with Crippen LogP contribution in [0.1, 0.15) is 43.3 Å². The zero-order valence-corrected chi connectivity index (χ0v) is 20.3. The van der Waals surface area contributed by atoms with Gasteiger partial charge in [0.05, 0.1) is 10.6 Å². The molecule has 174 valence electrons. The fraction of sp³-hybridized carbons (Fsp3) is 0.500. The van der Waals surface area contributed by atoms with E-state index in [1.54, 1.807) is 30.7 Å². The first-order chi connectivity index (χ1) is 15.0. The molecule has 10 heteroatoms. The molecule has 1 aromatic heterocycles. The number of anilines is 1. The van der Waals surface area contributed by atoms with Crippen LogP contribution in [0.3, 0.4) is 0 Å². The molecule has 0 aliphatic carbocycles. The number of fused-ring (bicyclic) bond motifs is 1. The Morgan fingerprint density at radius 2 is 1.88 bits per heavy atom. The molecule has 1 N–H and O–H groups in total. The highest BCUT2D eigenvalue weighted by Gasteiger charge is 2.38. The average Bonchev–Trinajstić information content (AvgIpc) is 3.23. The van der Waals surface area contributed by atoms with Crippen LogP contribution in [0.25, 0.3) is 0 Å². The molecule has 0 saturated heterocycles. The van der Waals surface area contributed by atoms with E-state index in [9.17, 15) is 18.0 Å². The summed E-state index contributed by atoms with van der Waals surface area (Å²) in [6.45, 7) is 9.86. The lowest BCUT2D eigenvalue weighted by Gasteiger charge is -2.23. The van der Waals surface area contributed by atoms with Gasteiger partial charge in [0.25, 0.3) is 0 Å². The van der Waals surface area contributed by atoms with E-state index in [0.29, 0.717) is 30.9 Å². The topological polar surface area (TPSA) is 105 Å². The molecule has 3 rings (SSSR count). The smallest absolute Gasteiger partial charge is 0.243 e. The normalized spacial score (nSPS) is 15.8. The van der Waals surface area contributed by atoms with E-state index in [1.165, 1.54) is 22.2 Å². The van der Waals surface area contributed by atoms with Crippen molar-refractivity contribution in [3.8, 4) is 0 Å². The number of nitrogens with zero attached hydrogens (tertiary/aromatic N) is 4. The summed E-state index contributed by atoms with van der Waals surface area (Å²) in [5, 5.41) is 7.29. The molecule has 1 aliphatic heterocycles. The summed E-state index contributed by atoms with van der Waals surface area (Å²) in [5.41, 5.74) is 3.99. The number of hydrogen-bond donors (Lipinski definition) is 1. The maximum absolute atomic E-state index is 13.1. The van der Waals surface area contributed by atoms with Crippen LogP contribution >= 0.6 is 0 Å². The van der Waals surface area contributed by atoms with Crippen LogP contribution in [0, 0.1) is 13.8 Å². The molecular weight excluding hydrogens is 430 g/mol. The molecule has 0 unspecified atom stereocenters. The Balaban J connectivity index is 1.86. The van der Waals surface area contributed by atoms with Gasteiger partial charge in [-0.2, -0.15) is 9.40 Å². The van der Waals surface area contributed by atoms with Gasteiger partial charge in [0.15, 0.2) is 0 Å². The lowest BCUT2D eigenvalue weighted by Crippen LogP contribution is -2.47. The van der Waals surface area contributed by atoms with Crippen molar-refractivity contribution in [2.75, 3.05) is 18.0 Å². The molecule has 1 aliphatic rings. The first-order valence-corrected chi connectivity index (χ1v) is 12.2. The number of rotatable bonds is 7. The van der Waals surface area contributed by atoms with E-state index in [0.717, 1.165) is 17.0 Å². The number of benzene rings is 1. The molecule has 1 aromatic carbocycles. The summed E-state index contributed by atoms with van der Waals surface area (Å²) in [6, 6.07) is 3.98. The molecule has 0 radical (unpaired) electrons. The summed E-state index contributed by atoms with van der Waals surface area (Å²) >= 11 is 0. The molecule has 0 spiro atoms. The van der Waals surface area contributed by atoms with E-state index in [-0.39, 0.29) is 23.1 Å². The van der Waals surface area contributed by atoms with E-state index < -0.39 is 16.1 Å². The van der Waals surface area contributed by atoms with Crippen LogP contribution < -0.4 is 10.2 Å². The molecule has 1 atom stereocenters. The van der Waals surface area contributed by atoms with Crippen molar-refractivity contribution in [1.29, 1.82) is 0 Å². The van der Waals surface area contributed by atoms with Gasteiger partial charge in [-0.25, -0.2) is 8.42 Å². The third-order valence-corrected chi connectivity index (χ3v) is 8.16. The number of aryl methyl sites for hydroxylation is 2. The number of nitrogens with one attached hydrogen (secondary N) is 1. The van der Waals surface area contributed by atoms with Gasteiger partial charge in [0, 0.05) is 57.0 Å². The Morgan fingerprint density at radius 1 is 1.22 bits per heavy atom. The van der Waals surface area contributed by atoms with Crippen molar-refractivity contribution in [2.45, 2.75) is 58.5 Å². The van der Waals surface area contributed by atoms with Gasteiger partial charge in [-0.1, -0.05) is 13.8 Å². The van der Waals surface area contributed by atoms with Crippen LogP contribution in [-0.4, -0.2) is 53.4 Å². The third kappa shape index (κ3) is 4.16. The van der Waals surface area contributed by atoms with Crippen LogP contribution in [-0.2, 0) is 39.6 Å². The van der Waals surface area contributed by atoms with E-state index in [4.69, 9.17) is 0 Å². The Kier molecular flexibility index (Phi) is 6.75. The first-order valence-electron chi connectivity index (χ1n) is 10.7. The minimum Gasteiger partial charge on any atom is -0.350 e. The second-order valence-electron chi connectivity index (χ2n) is 7.98. The zero-order chi connectivity index (χ0) is 23.8. The SMILES string of the molecule is CCN(CC)S(=O)(=O)c1ccc2c(c1)C[C@H](C(=O)NCc1c(C)nn(C)c1C)N2C(C)=O. The van der Waals surface area contributed by atoms with Crippen LogP contribution in [0.5, 0.6) is 0 Å². The number of sulfonamides is 1. The lowest BCUT2D eigenvalue weighted by atomic mass is 10.1. The fourth-order valence-corrected chi connectivity index (χ4v) is 5.78. The Hall–Kier alpha value is -2.72. The number of amides is 2. The van der Waals surface area contributed by atoms with Gasteiger partial charge in [-0.3, -0.25) is 19.2 Å². The monoisotopic (exact) mass is 461 g/mol. The van der Waals surface area contributed by atoms with Crippen molar-refractivity contribution >= 4 is 27.5 Å². The fourth-order valence-electron chi connectivity index (χ4n) is 4.27. The summed E-state index contributed by atoms with van der Waals surface area (Å²) in [6.07, 6.45) is 0.257. The van der Waals surface area contributed by atoms with Crippen molar-refractivity contribution < 1.29 is 18.0 Å². The molecule has 2 amide bonds. The minimum atomic E-state index is -3.63. The second-order valence-corrected chi connectivity index (χ2v) is 9.92. The highest BCUT2D eigenvalue weighted by atomic mass is 32.2. The maximum atomic E-state index is 13.1. The van der Waals surface area contributed by atoms with Gasteiger partial charge in [-0.15, -0.1) is 0 Å². The molecule has 9 nitrogen and oxygen atoms in total. The van der Waals surface area contributed by atoms with E-state index >= 15 is 0 Å². The van der Waals surface area contributed by atoms with Gasteiger partial charge >= 0.3 is 0 Å². The molecular formula is C22H31N5O4S. The molecule has 0 bridgehead atoms. The van der Waals surface area contributed by atoms with Crippen molar-refractivity contribution in [2.24, 2.45) is 7.05 Å². The first kappa shape index (κ1) is 23.9. The highest BCUT2D eigenvalue weighted by Crippen LogP contribution is 2.35. The van der Waals surface area contributed by atoms with Gasteiger partial charge in [-0.05, 0) is 37.6 Å². The van der Waals surface area contributed by atoms with Gasteiger partial charge < -0.3 is 5.32 Å². The standard InChI is InChI=1S/C22H31N5O4S/c1-7-26(8-2)32(30,31)18-9-10-20-17(11-18)12-21(27(20)16(5)28)22(29)23-13-19-14(3)24-25(6)15(19)4/h9-11,21H,7-8,12-13H2,1-6H3,(H,23,29)/t21-/m1/s1. The predicted octanol–water partition coefficient (Wildman–Crippen LogP) is 1.66. The van der Waals surface area contributed by atoms with Crippen LogP contribution in [0.4, 0.5) is 5.69 Å². The van der Waals surface area contributed by atoms with Gasteiger partial charge in [0.2, 0.25) is 21.8 Å². The number of aromatic nitrogens is 2. The summed E-state index contributed by atoms with van der Waals surface area (Å²) in [4.78, 5) is 27.1. The molecule has 0 fully saturated rings. The van der Waals surface area contributed by atoms with Crippen LogP contribution in [0.2, 0.25) is 0 Å². The molecule has 2 heterocycles. The number of carbonyl (C=O) groups excluding carboxylic acids is 2. The molecule has 0 saturated carbocycles. The quantitative estimate of drug-likeness (QED) is 0.675. The Labute approximate surface area is 189 Å². The van der Waals surface area contributed by atoms with Gasteiger partial charge in [0.1, 0.15) is 6.04 Å². The van der Waals surface area contributed by atoms with E-state index in [2.05, 4.69) is 10.4 Å². The number of hydrogen-bond acceptors (Lipinski definition) is 5. The zero-order valence-electron chi connectivity index (χ0n) is 19.5. The molecule has 2 aromatic rings. The van der Waals surface area contributed by atoms with Crippen LogP contribution in [0.15, 0.2) is 23.1 Å². The van der Waals surface area contributed by atoms with Crippen molar-refractivity contribution in [1.82, 2.24) is 19.4 Å². The summed E-state index contributed by atoms with van der Waals surface area (Å²) in [5.74, 6) is -0.552. The summed E-state index contributed by atoms with van der Waals surface area (Å²) < 4.78 is 29.0. The van der Waals surface area contributed by atoms with Crippen molar-refractivity contribution in [3.05, 3.63) is 40.7 Å². The second kappa shape index (κ2) is 9.03. The minimum absolute atomic E-state index is 0.172. The largest absolute Gasteiger partial charge is 0.350 e. The predicted molar refractivity (Wildman–Crippen MR) is 122 cm³/mol. The lowest BCUT2D eigenvalue weighted by molar-refractivity contribution is -0.125. The summed E-state index contributed by atoms with van der Waals surface area (Å²) in [7, 11) is -1.78. The third-order valence-electron chi connectivity index (χ3n) is 6.12. The average molecular weight is 462 g/mol. The maximum Gasteiger partial charge on any atom is 0.243 e. The Morgan fingerprint density at radius 3 is 2.41 bits per heavy atom. The van der Waals surface area contributed by atoms with E-state index in [1.807, 2.05) is 20.9 Å². The molecule has 32 heavy (non-hydrogen) atoms. The van der Waals surface area contributed by atoms with Crippen molar-refractivity contribution in [3.63, 3.8) is 0 Å².